The highest BCUT2D eigenvalue weighted by Crippen LogP contribution is 2.19. The van der Waals surface area contributed by atoms with Crippen LogP contribution in [0.1, 0.15) is 24.4 Å². The SMILES string of the molecule is Nc1ccccc1NC(=O)CCc1ccc(CC(=O)C2C=CC=CC2)o1. The Hall–Kier alpha value is -3.08. The molecule has 1 heterocycles. The van der Waals surface area contributed by atoms with Crippen molar-refractivity contribution in [3.8, 4) is 0 Å². The number of aryl methyl sites for hydroxylation is 1. The van der Waals surface area contributed by atoms with Gasteiger partial charge in [-0.05, 0) is 30.7 Å². The van der Waals surface area contributed by atoms with E-state index in [-0.39, 0.29) is 30.4 Å². The van der Waals surface area contributed by atoms with Crippen molar-refractivity contribution < 1.29 is 14.0 Å². The molecule has 1 unspecified atom stereocenters. The average molecular weight is 350 g/mol. The molecule has 1 aliphatic carbocycles. The Balaban J connectivity index is 1.48. The first-order valence-electron chi connectivity index (χ1n) is 8.70. The average Bonchev–Trinajstić information content (AvgIpc) is 3.10. The molecule has 0 saturated carbocycles. The summed E-state index contributed by atoms with van der Waals surface area (Å²) < 4.78 is 5.70. The van der Waals surface area contributed by atoms with Crippen LogP contribution in [0.15, 0.2) is 65.1 Å². The van der Waals surface area contributed by atoms with E-state index in [1.165, 1.54) is 0 Å². The summed E-state index contributed by atoms with van der Waals surface area (Å²) in [5.41, 5.74) is 6.96. The van der Waals surface area contributed by atoms with Gasteiger partial charge in [0.2, 0.25) is 5.91 Å². The molecule has 3 N–H and O–H groups in total. The van der Waals surface area contributed by atoms with E-state index >= 15 is 0 Å². The summed E-state index contributed by atoms with van der Waals surface area (Å²) in [6.45, 7) is 0. The van der Waals surface area contributed by atoms with E-state index in [2.05, 4.69) is 5.32 Å². The number of nitrogen functional groups attached to an aromatic ring is 1. The lowest BCUT2D eigenvalue weighted by atomic mass is 9.94. The van der Waals surface area contributed by atoms with Gasteiger partial charge >= 0.3 is 0 Å². The number of amides is 1. The molecule has 0 radical (unpaired) electrons. The number of anilines is 2. The molecule has 5 heteroatoms. The number of allylic oxidation sites excluding steroid dienone is 4. The Bertz CT molecular complexity index is 848. The third kappa shape index (κ3) is 4.72. The second-order valence-corrected chi connectivity index (χ2v) is 6.30. The third-order valence-electron chi connectivity index (χ3n) is 4.29. The van der Waals surface area contributed by atoms with Crippen LogP contribution >= 0.6 is 0 Å². The molecule has 134 valence electrons. The minimum atomic E-state index is -0.129. The van der Waals surface area contributed by atoms with Gasteiger partial charge in [-0.15, -0.1) is 0 Å². The van der Waals surface area contributed by atoms with Gasteiger partial charge in [0.05, 0.1) is 17.8 Å². The summed E-state index contributed by atoms with van der Waals surface area (Å²) in [5.74, 6) is 1.28. The maximum absolute atomic E-state index is 12.3. The summed E-state index contributed by atoms with van der Waals surface area (Å²) in [7, 11) is 0. The highest BCUT2D eigenvalue weighted by Gasteiger charge is 2.17. The van der Waals surface area contributed by atoms with Crippen molar-refractivity contribution in [2.24, 2.45) is 5.92 Å². The standard InChI is InChI=1S/C21H22N2O3/c22-18-8-4-5-9-19(18)23-21(25)13-12-16-10-11-17(26-16)14-20(24)15-6-2-1-3-7-15/h1-6,8-11,15H,7,12-14,22H2,(H,23,25). The second kappa shape index (κ2) is 8.34. The van der Waals surface area contributed by atoms with E-state index < -0.39 is 0 Å². The maximum Gasteiger partial charge on any atom is 0.224 e. The molecule has 1 aliphatic rings. The quantitative estimate of drug-likeness (QED) is 0.746. The van der Waals surface area contributed by atoms with Gasteiger partial charge in [-0.3, -0.25) is 9.59 Å². The largest absolute Gasteiger partial charge is 0.466 e. The fraction of sp³-hybridized carbons (Fsp3) is 0.238. The fourth-order valence-electron chi connectivity index (χ4n) is 2.83. The smallest absolute Gasteiger partial charge is 0.224 e. The highest BCUT2D eigenvalue weighted by molar-refractivity contribution is 5.93. The molecule has 1 atom stereocenters. The molecule has 0 fully saturated rings. The lowest BCUT2D eigenvalue weighted by Gasteiger charge is -2.10. The molecule has 2 aromatic rings. The second-order valence-electron chi connectivity index (χ2n) is 6.30. The van der Waals surface area contributed by atoms with Crippen molar-refractivity contribution in [1.82, 2.24) is 0 Å². The Morgan fingerprint density at radius 1 is 1.12 bits per heavy atom. The molecule has 3 rings (SSSR count). The van der Waals surface area contributed by atoms with Crippen LogP contribution in [0.25, 0.3) is 0 Å². The number of para-hydroxylation sites is 2. The van der Waals surface area contributed by atoms with E-state index in [0.717, 1.165) is 6.42 Å². The number of ketones is 1. The topological polar surface area (TPSA) is 85.3 Å². The van der Waals surface area contributed by atoms with Crippen LogP contribution in [0.3, 0.4) is 0 Å². The van der Waals surface area contributed by atoms with Crippen molar-refractivity contribution in [3.63, 3.8) is 0 Å². The lowest BCUT2D eigenvalue weighted by Crippen LogP contribution is -2.15. The van der Waals surface area contributed by atoms with E-state index in [0.29, 0.717) is 29.3 Å². The number of benzene rings is 1. The molecule has 1 aromatic carbocycles. The van der Waals surface area contributed by atoms with Gasteiger partial charge < -0.3 is 15.5 Å². The van der Waals surface area contributed by atoms with Gasteiger partial charge in [0, 0.05) is 18.8 Å². The molecular formula is C21H22N2O3. The van der Waals surface area contributed by atoms with Crippen molar-refractivity contribution in [1.29, 1.82) is 0 Å². The third-order valence-corrected chi connectivity index (χ3v) is 4.29. The van der Waals surface area contributed by atoms with E-state index in [1.54, 1.807) is 12.1 Å². The summed E-state index contributed by atoms with van der Waals surface area (Å²) >= 11 is 0. The molecular weight excluding hydrogens is 328 g/mol. The summed E-state index contributed by atoms with van der Waals surface area (Å²) in [5, 5.41) is 2.79. The Kier molecular flexibility index (Phi) is 5.69. The molecule has 1 amide bonds. The van der Waals surface area contributed by atoms with E-state index in [1.807, 2.05) is 48.6 Å². The van der Waals surface area contributed by atoms with Crippen LogP contribution in [-0.4, -0.2) is 11.7 Å². The molecule has 0 aliphatic heterocycles. The number of hydrogen-bond donors (Lipinski definition) is 2. The van der Waals surface area contributed by atoms with Gasteiger partial charge in [-0.25, -0.2) is 0 Å². The molecule has 1 aromatic heterocycles. The molecule has 0 bridgehead atoms. The van der Waals surface area contributed by atoms with Crippen LogP contribution in [0.2, 0.25) is 0 Å². The van der Waals surface area contributed by atoms with Crippen molar-refractivity contribution in [2.75, 3.05) is 11.1 Å². The highest BCUT2D eigenvalue weighted by atomic mass is 16.3. The Labute approximate surface area is 152 Å². The number of hydrogen-bond acceptors (Lipinski definition) is 4. The zero-order valence-electron chi connectivity index (χ0n) is 14.5. The number of carbonyl (C=O) groups is 2. The number of nitrogens with one attached hydrogen (secondary N) is 1. The summed E-state index contributed by atoms with van der Waals surface area (Å²) in [6.07, 6.45) is 9.53. The van der Waals surface area contributed by atoms with Gasteiger partial charge in [-0.2, -0.15) is 0 Å². The normalized spacial score (nSPS) is 15.8. The molecule has 5 nitrogen and oxygen atoms in total. The lowest BCUT2D eigenvalue weighted by molar-refractivity contribution is -0.121. The van der Waals surface area contributed by atoms with Gasteiger partial charge in [-0.1, -0.05) is 36.4 Å². The van der Waals surface area contributed by atoms with Crippen molar-refractivity contribution >= 4 is 23.1 Å². The maximum atomic E-state index is 12.3. The number of carbonyl (C=O) groups excluding carboxylic acids is 2. The van der Waals surface area contributed by atoms with Gasteiger partial charge in [0.25, 0.3) is 0 Å². The number of Topliss-reactive ketones (excluding diaryl/α,β-unsaturated/α-hetero) is 1. The van der Waals surface area contributed by atoms with Gasteiger partial charge in [0.15, 0.2) is 0 Å². The van der Waals surface area contributed by atoms with Crippen LogP contribution < -0.4 is 11.1 Å². The summed E-state index contributed by atoms with van der Waals surface area (Å²) in [6, 6.07) is 10.8. The number of nitrogens with two attached hydrogens (primary N) is 1. The zero-order chi connectivity index (χ0) is 18.4. The van der Waals surface area contributed by atoms with E-state index in [9.17, 15) is 9.59 Å². The predicted octanol–water partition coefficient (Wildman–Crippen LogP) is 3.68. The van der Waals surface area contributed by atoms with Crippen LogP contribution in [0.5, 0.6) is 0 Å². The fourth-order valence-corrected chi connectivity index (χ4v) is 2.83. The predicted molar refractivity (Wildman–Crippen MR) is 102 cm³/mol. The first-order chi connectivity index (χ1) is 12.6. The summed E-state index contributed by atoms with van der Waals surface area (Å²) in [4.78, 5) is 24.3. The monoisotopic (exact) mass is 350 g/mol. The minimum Gasteiger partial charge on any atom is -0.466 e. The molecule has 26 heavy (non-hydrogen) atoms. The zero-order valence-corrected chi connectivity index (χ0v) is 14.5. The molecule has 0 saturated heterocycles. The Morgan fingerprint density at radius 2 is 1.92 bits per heavy atom. The van der Waals surface area contributed by atoms with E-state index in [4.69, 9.17) is 10.2 Å². The number of rotatable bonds is 7. The molecule has 0 spiro atoms. The minimum absolute atomic E-state index is 0.0735. The first-order valence-corrected chi connectivity index (χ1v) is 8.70. The van der Waals surface area contributed by atoms with Crippen LogP contribution in [-0.2, 0) is 22.4 Å². The number of furan rings is 1. The van der Waals surface area contributed by atoms with Crippen LogP contribution in [0.4, 0.5) is 11.4 Å². The van der Waals surface area contributed by atoms with Crippen LogP contribution in [0, 0.1) is 5.92 Å². The van der Waals surface area contributed by atoms with Gasteiger partial charge in [0.1, 0.15) is 17.3 Å². The van der Waals surface area contributed by atoms with Crippen molar-refractivity contribution in [3.05, 3.63) is 72.2 Å². The first kappa shape index (κ1) is 17.7. The van der Waals surface area contributed by atoms with Crippen molar-refractivity contribution in [2.45, 2.75) is 25.7 Å². The Morgan fingerprint density at radius 3 is 2.69 bits per heavy atom.